The average molecular weight is 332 g/mol. The summed E-state index contributed by atoms with van der Waals surface area (Å²) in [4.78, 5) is 5.01. The lowest BCUT2D eigenvalue weighted by Gasteiger charge is -2.29. The minimum atomic E-state index is -0.0954. The molecule has 1 aromatic carbocycles. The predicted octanol–water partition coefficient (Wildman–Crippen LogP) is 2.78. The van der Waals surface area contributed by atoms with Crippen LogP contribution < -0.4 is 5.32 Å². The van der Waals surface area contributed by atoms with Crippen LogP contribution in [0.1, 0.15) is 39.2 Å². The molecule has 2 heterocycles. The number of likely N-dealkylation sites (tertiary alicyclic amines) is 2. The number of rotatable bonds is 5. The molecule has 0 aliphatic carbocycles. The Hall–Kier alpha value is -1.10. The van der Waals surface area contributed by atoms with Crippen LogP contribution in [0.15, 0.2) is 24.3 Å². The lowest BCUT2D eigenvalue weighted by molar-refractivity contribution is 0.0792. The van der Waals surface area contributed by atoms with Gasteiger partial charge in [-0.1, -0.05) is 19.1 Å². The highest BCUT2D eigenvalue weighted by Crippen LogP contribution is 2.23. The van der Waals surface area contributed by atoms with Gasteiger partial charge in [0.1, 0.15) is 0 Å². The molecular formula is C20H33N3O. The van der Waals surface area contributed by atoms with Crippen molar-refractivity contribution in [3.8, 4) is 0 Å². The van der Waals surface area contributed by atoms with E-state index in [4.69, 9.17) is 0 Å². The van der Waals surface area contributed by atoms with Crippen LogP contribution in [0.25, 0.3) is 0 Å². The van der Waals surface area contributed by atoms with Crippen molar-refractivity contribution in [2.75, 3.05) is 31.5 Å². The van der Waals surface area contributed by atoms with E-state index < -0.39 is 0 Å². The molecule has 2 saturated heterocycles. The second-order valence-corrected chi connectivity index (χ2v) is 7.98. The molecule has 134 valence electrons. The number of anilines is 1. The van der Waals surface area contributed by atoms with Gasteiger partial charge in [-0.05, 0) is 50.3 Å². The van der Waals surface area contributed by atoms with Gasteiger partial charge in [-0.25, -0.2) is 0 Å². The minimum Gasteiger partial charge on any atom is -0.393 e. The van der Waals surface area contributed by atoms with Crippen LogP contribution in [-0.2, 0) is 6.54 Å². The summed E-state index contributed by atoms with van der Waals surface area (Å²) in [5.74, 6) is 0.680. The normalized spacial score (nSPS) is 27.0. The van der Waals surface area contributed by atoms with Gasteiger partial charge in [0.25, 0.3) is 0 Å². The predicted molar refractivity (Wildman–Crippen MR) is 100 cm³/mol. The molecule has 4 heteroatoms. The van der Waals surface area contributed by atoms with Crippen LogP contribution in [0.5, 0.6) is 0 Å². The third-order valence-corrected chi connectivity index (χ3v) is 5.61. The van der Waals surface area contributed by atoms with Gasteiger partial charge >= 0.3 is 0 Å². The number of hydrogen-bond acceptors (Lipinski definition) is 4. The quantitative estimate of drug-likeness (QED) is 0.870. The van der Waals surface area contributed by atoms with Crippen molar-refractivity contribution in [2.24, 2.45) is 5.92 Å². The highest BCUT2D eigenvalue weighted by molar-refractivity contribution is 5.47. The first-order chi connectivity index (χ1) is 11.5. The van der Waals surface area contributed by atoms with Gasteiger partial charge in [-0.3, -0.25) is 9.80 Å². The van der Waals surface area contributed by atoms with Crippen molar-refractivity contribution in [1.82, 2.24) is 9.80 Å². The molecule has 0 unspecified atom stereocenters. The van der Waals surface area contributed by atoms with E-state index in [0.717, 1.165) is 39.0 Å². The summed E-state index contributed by atoms with van der Waals surface area (Å²) >= 11 is 0. The molecule has 0 radical (unpaired) electrons. The molecule has 0 bridgehead atoms. The van der Waals surface area contributed by atoms with Crippen LogP contribution in [-0.4, -0.2) is 59.3 Å². The van der Waals surface area contributed by atoms with E-state index in [9.17, 15) is 5.11 Å². The Kier molecular flexibility index (Phi) is 5.80. The third kappa shape index (κ3) is 4.50. The first-order valence-corrected chi connectivity index (χ1v) is 9.51. The zero-order valence-corrected chi connectivity index (χ0v) is 15.4. The van der Waals surface area contributed by atoms with Gasteiger partial charge in [0.05, 0.1) is 6.10 Å². The van der Waals surface area contributed by atoms with Crippen LogP contribution >= 0.6 is 0 Å². The fourth-order valence-electron chi connectivity index (χ4n) is 3.92. The molecule has 0 aromatic heterocycles. The summed E-state index contributed by atoms with van der Waals surface area (Å²) in [6.07, 6.45) is 1.72. The smallest absolute Gasteiger partial charge is 0.0564 e. The van der Waals surface area contributed by atoms with E-state index in [1.807, 2.05) is 0 Å². The van der Waals surface area contributed by atoms with E-state index in [2.05, 4.69) is 60.2 Å². The maximum absolute atomic E-state index is 9.64. The third-order valence-electron chi connectivity index (χ3n) is 5.61. The second-order valence-electron chi connectivity index (χ2n) is 7.98. The lowest BCUT2D eigenvalue weighted by atomic mass is 10.1. The van der Waals surface area contributed by atoms with Gasteiger partial charge in [-0.15, -0.1) is 0 Å². The second kappa shape index (κ2) is 7.85. The van der Waals surface area contributed by atoms with Crippen molar-refractivity contribution in [1.29, 1.82) is 0 Å². The lowest BCUT2D eigenvalue weighted by Crippen LogP contribution is -2.35. The van der Waals surface area contributed by atoms with E-state index in [1.165, 1.54) is 17.8 Å². The number of piperidine rings is 1. The molecule has 2 aliphatic heterocycles. The fourth-order valence-corrected chi connectivity index (χ4v) is 3.92. The molecule has 2 atom stereocenters. The highest BCUT2D eigenvalue weighted by atomic mass is 16.3. The highest BCUT2D eigenvalue weighted by Gasteiger charge is 2.30. The molecule has 2 N–H and O–H groups in total. The molecule has 3 rings (SSSR count). The van der Waals surface area contributed by atoms with Crippen LogP contribution in [0.3, 0.4) is 0 Å². The van der Waals surface area contributed by atoms with Crippen molar-refractivity contribution in [2.45, 2.75) is 58.3 Å². The van der Waals surface area contributed by atoms with Gasteiger partial charge in [-0.2, -0.15) is 0 Å². The standard InChI is InChI=1S/C20H33N3O/c1-15(2)23-12-16(3)20(14-23)21-18-6-4-5-17(11-18)13-22-9-7-19(24)8-10-22/h4-6,11,15-16,19-21,24H,7-10,12-14H2,1-3H3/t16-,20-/m1/s1. The maximum atomic E-state index is 9.64. The monoisotopic (exact) mass is 331 g/mol. The fraction of sp³-hybridized carbons (Fsp3) is 0.700. The van der Waals surface area contributed by atoms with Crippen LogP contribution in [0.4, 0.5) is 5.69 Å². The Morgan fingerprint density at radius 3 is 2.62 bits per heavy atom. The summed E-state index contributed by atoms with van der Waals surface area (Å²) in [6, 6.07) is 10.0. The Bertz CT molecular complexity index is 525. The Morgan fingerprint density at radius 1 is 1.21 bits per heavy atom. The van der Waals surface area contributed by atoms with Crippen LogP contribution in [0.2, 0.25) is 0 Å². The van der Waals surface area contributed by atoms with Crippen LogP contribution in [0, 0.1) is 5.92 Å². The van der Waals surface area contributed by atoms with Crippen molar-refractivity contribution in [3.63, 3.8) is 0 Å². The summed E-state index contributed by atoms with van der Waals surface area (Å²) in [5.41, 5.74) is 2.61. The summed E-state index contributed by atoms with van der Waals surface area (Å²) < 4.78 is 0. The molecule has 1 aromatic rings. The molecule has 0 spiro atoms. The topological polar surface area (TPSA) is 38.7 Å². The van der Waals surface area contributed by atoms with Gasteiger partial charge < -0.3 is 10.4 Å². The molecule has 0 amide bonds. The summed E-state index contributed by atoms with van der Waals surface area (Å²) in [5, 5.41) is 13.4. The Balaban J connectivity index is 1.57. The Morgan fingerprint density at radius 2 is 1.96 bits per heavy atom. The van der Waals surface area contributed by atoms with Crippen molar-refractivity contribution < 1.29 is 5.11 Å². The number of nitrogens with zero attached hydrogens (tertiary/aromatic N) is 2. The largest absolute Gasteiger partial charge is 0.393 e. The summed E-state index contributed by atoms with van der Waals surface area (Å²) in [7, 11) is 0. The van der Waals surface area contributed by atoms with Gasteiger partial charge in [0, 0.05) is 50.5 Å². The average Bonchev–Trinajstić information content (AvgIpc) is 2.91. The first kappa shape index (κ1) is 17.7. The van der Waals surface area contributed by atoms with E-state index in [1.54, 1.807) is 0 Å². The van der Waals surface area contributed by atoms with Gasteiger partial charge in [0.15, 0.2) is 0 Å². The van der Waals surface area contributed by atoms with Gasteiger partial charge in [0.2, 0.25) is 0 Å². The molecule has 0 saturated carbocycles. The molecular weight excluding hydrogens is 298 g/mol. The number of aliphatic hydroxyl groups is 1. The van der Waals surface area contributed by atoms with E-state index in [0.29, 0.717) is 18.0 Å². The minimum absolute atomic E-state index is 0.0954. The van der Waals surface area contributed by atoms with E-state index >= 15 is 0 Å². The molecule has 4 nitrogen and oxygen atoms in total. The maximum Gasteiger partial charge on any atom is 0.0564 e. The SMILES string of the molecule is CC(C)N1C[C@@H](C)[C@H](Nc2cccc(CN3CCC(O)CC3)c2)C1. The number of hydrogen-bond donors (Lipinski definition) is 2. The Labute approximate surface area is 146 Å². The first-order valence-electron chi connectivity index (χ1n) is 9.51. The number of benzene rings is 1. The van der Waals surface area contributed by atoms with Crippen molar-refractivity contribution >= 4 is 5.69 Å². The molecule has 24 heavy (non-hydrogen) atoms. The zero-order chi connectivity index (χ0) is 17.1. The molecule has 2 aliphatic rings. The molecule has 2 fully saturated rings. The number of aliphatic hydroxyl groups excluding tert-OH is 1. The summed E-state index contributed by atoms with van der Waals surface area (Å²) in [6.45, 7) is 12.2. The number of nitrogens with one attached hydrogen (secondary N) is 1. The van der Waals surface area contributed by atoms with Crippen molar-refractivity contribution in [3.05, 3.63) is 29.8 Å². The zero-order valence-electron chi connectivity index (χ0n) is 15.4. The van der Waals surface area contributed by atoms with E-state index in [-0.39, 0.29) is 6.10 Å².